The van der Waals surface area contributed by atoms with E-state index in [1.807, 2.05) is 91.0 Å². The molecule has 3 rings (SSSR count). The van der Waals surface area contributed by atoms with E-state index in [9.17, 15) is 9.59 Å². The minimum absolute atomic E-state index is 0.174. The molecule has 27 heavy (non-hydrogen) atoms. The van der Waals surface area contributed by atoms with E-state index in [1.54, 1.807) is 6.92 Å². The molecule has 0 aliphatic rings. The van der Waals surface area contributed by atoms with Gasteiger partial charge >= 0.3 is 5.97 Å². The van der Waals surface area contributed by atoms with Crippen LogP contribution in [0, 0.1) is 0 Å². The van der Waals surface area contributed by atoms with E-state index in [0.29, 0.717) is 0 Å². The Labute approximate surface area is 159 Å². The second-order valence-electron chi connectivity index (χ2n) is 6.27. The lowest BCUT2D eigenvalue weighted by Gasteiger charge is -2.27. The average molecular weight is 358 g/mol. The monoisotopic (exact) mass is 358 g/mol. The third kappa shape index (κ3) is 4.32. The van der Waals surface area contributed by atoms with Gasteiger partial charge in [-0.05, 0) is 23.6 Å². The average Bonchev–Trinajstić information content (AvgIpc) is 2.73. The fourth-order valence-corrected chi connectivity index (χ4v) is 3.38. The molecule has 3 heteroatoms. The number of hydrogen-bond acceptors (Lipinski definition) is 3. The zero-order valence-electron chi connectivity index (χ0n) is 15.2. The van der Waals surface area contributed by atoms with Gasteiger partial charge in [-0.25, -0.2) is 4.79 Å². The number of carbonyl (C=O) groups is 2. The van der Waals surface area contributed by atoms with E-state index in [-0.39, 0.29) is 12.5 Å². The summed E-state index contributed by atoms with van der Waals surface area (Å²) >= 11 is 0. The van der Waals surface area contributed by atoms with Crippen LogP contribution in [0.2, 0.25) is 0 Å². The largest absolute Gasteiger partial charge is 0.460 e. The summed E-state index contributed by atoms with van der Waals surface area (Å²) in [6, 6.07) is 29.1. The number of carbonyl (C=O) groups excluding carboxylic acids is 2. The van der Waals surface area contributed by atoms with E-state index in [0.717, 1.165) is 16.7 Å². The lowest BCUT2D eigenvalue weighted by Crippen LogP contribution is -2.29. The molecule has 0 N–H and O–H groups in total. The molecule has 3 aromatic carbocycles. The van der Waals surface area contributed by atoms with Gasteiger partial charge in [0.15, 0.2) is 0 Å². The molecule has 0 aliphatic carbocycles. The summed E-state index contributed by atoms with van der Waals surface area (Å²) in [4.78, 5) is 25.5. The summed E-state index contributed by atoms with van der Waals surface area (Å²) in [7, 11) is 0. The summed E-state index contributed by atoms with van der Waals surface area (Å²) in [5.41, 5.74) is 2.76. The molecular formula is C24H22O3. The van der Waals surface area contributed by atoms with Gasteiger partial charge < -0.3 is 4.74 Å². The van der Waals surface area contributed by atoms with Crippen molar-refractivity contribution < 1.29 is 14.3 Å². The molecule has 0 fully saturated rings. The summed E-state index contributed by atoms with van der Waals surface area (Å²) in [6.07, 6.45) is 0. The summed E-state index contributed by atoms with van der Waals surface area (Å²) in [5.74, 6) is -2.26. The van der Waals surface area contributed by atoms with Crippen molar-refractivity contribution >= 4 is 11.8 Å². The maximum Gasteiger partial charge on any atom is 0.375 e. The van der Waals surface area contributed by atoms with Crippen LogP contribution in [-0.4, -0.2) is 18.4 Å². The van der Waals surface area contributed by atoms with Crippen LogP contribution in [0.15, 0.2) is 91.0 Å². The highest BCUT2D eigenvalue weighted by molar-refractivity contribution is 6.36. The van der Waals surface area contributed by atoms with Crippen molar-refractivity contribution in [2.24, 2.45) is 0 Å². The summed E-state index contributed by atoms with van der Waals surface area (Å²) < 4.78 is 5.04. The Balaban J connectivity index is 2.16. The minimum atomic E-state index is -0.789. The number of ether oxygens (including phenoxy) is 1. The standard InChI is InChI=1S/C24H22O3/c1-2-27-24(26)23(25)22(20-16-10-5-11-17-20)21(18-12-6-3-7-13-18)19-14-8-4-9-15-19/h3-17,21-22H,2H2,1H3. The number of Topliss-reactive ketones (excluding diaryl/α,β-unsaturated/α-hetero) is 1. The van der Waals surface area contributed by atoms with Gasteiger partial charge in [0.1, 0.15) is 0 Å². The third-order valence-electron chi connectivity index (χ3n) is 4.57. The van der Waals surface area contributed by atoms with Crippen molar-refractivity contribution in [3.8, 4) is 0 Å². The van der Waals surface area contributed by atoms with E-state index in [1.165, 1.54) is 0 Å². The van der Waals surface area contributed by atoms with Crippen LogP contribution in [-0.2, 0) is 14.3 Å². The molecule has 3 nitrogen and oxygen atoms in total. The number of esters is 1. The molecule has 0 aliphatic heterocycles. The Hall–Kier alpha value is -3.20. The SMILES string of the molecule is CCOC(=O)C(=O)C(c1ccccc1)C(c1ccccc1)c1ccccc1. The zero-order valence-corrected chi connectivity index (χ0v) is 15.2. The van der Waals surface area contributed by atoms with Gasteiger partial charge in [-0.2, -0.15) is 0 Å². The first-order valence-electron chi connectivity index (χ1n) is 9.08. The maximum atomic E-state index is 13.1. The van der Waals surface area contributed by atoms with Gasteiger partial charge in [-0.3, -0.25) is 4.79 Å². The Morgan fingerprint density at radius 2 is 1.11 bits per heavy atom. The Bertz CT molecular complexity index is 834. The highest BCUT2D eigenvalue weighted by Crippen LogP contribution is 2.39. The van der Waals surface area contributed by atoms with Gasteiger partial charge in [0, 0.05) is 5.92 Å². The van der Waals surface area contributed by atoms with E-state index in [2.05, 4.69) is 0 Å². The van der Waals surface area contributed by atoms with Gasteiger partial charge in [0.05, 0.1) is 12.5 Å². The summed E-state index contributed by atoms with van der Waals surface area (Å²) in [5, 5.41) is 0. The molecular weight excluding hydrogens is 336 g/mol. The quantitative estimate of drug-likeness (QED) is 0.453. The first kappa shape index (κ1) is 18.6. The molecule has 0 saturated carbocycles. The van der Waals surface area contributed by atoms with E-state index in [4.69, 9.17) is 4.74 Å². The molecule has 1 atom stereocenters. The molecule has 3 aromatic rings. The Kier molecular flexibility index (Phi) is 6.16. The van der Waals surface area contributed by atoms with Gasteiger partial charge in [0.2, 0.25) is 5.78 Å². The van der Waals surface area contributed by atoms with Crippen molar-refractivity contribution in [2.75, 3.05) is 6.61 Å². The molecule has 0 bridgehead atoms. The second kappa shape index (κ2) is 8.95. The number of benzene rings is 3. The molecule has 0 heterocycles. The minimum Gasteiger partial charge on any atom is -0.460 e. The van der Waals surface area contributed by atoms with Crippen LogP contribution >= 0.6 is 0 Å². The van der Waals surface area contributed by atoms with Crippen LogP contribution in [0.1, 0.15) is 35.4 Å². The van der Waals surface area contributed by atoms with E-state index >= 15 is 0 Å². The maximum absolute atomic E-state index is 13.1. The predicted octanol–water partition coefficient (Wildman–Crippen LogP) is 4.73. The zero-order chi connectivity index (χ0) is 19.1. The van der Waals surface area contributed by atoms with E-state index < -0.39 is 17.7 Å². The van der Waals surface area contributed by atoms with Crippen molar-refractivity contribution in [1.29, 1.82) is 0 Å². The predicted molar refractivity (Wildman–Crippen MR) is 106 cm³/mol. The van der Waals surface area contributed by atoms with Crippen molar-refractivity contribution in [3.05, 3.63) is 108 Å². The Morgan fingerprint density at radius 3 is 1.52 bits per heavy atom. The molecule has 0 radical (unpaired) electrons. The van der Waals surface area contributed by atoms with Crippen LogP contribution in [0.25, 0.3) is 0 Å². The van der Waals surface area contributed by atoms with Gasteiger partial charge in [0.25, 0.3) is 0 Å². The summed E-state index contributed by atoms with van der Waals surface area (Å²) in [6.45, 7) is 1.88. The fourth-order valence-electron chi connectivity index (χ4n) is 3.38. The molecule has 1 unspecified atom stereocenters. The van der Waals surface area contributed by atoms with Crippen LogP contribution in [0.5, 0.6) is 0 Å². The lowest BCUT2D eigenvalue weighted by atomic mass is 9.75. The fraction of sp³-hybridized carbons (Fsp3) is 0.167. The smallest absolute Gasteiger partial charge is 0.375 e. The lowest BCUT2D eigenvalue weighted by molar-refractivity contribution is -0.154. The molecule has 0 aromatic heterocycles. The van der Waals surface area contributed by atoms with Gasteiger partial charge in [-0.1, -0.05) is 91.0 Å². The van der Waals surface area contributed by atoms with Crippen molar-refractivity contribution in [2.45, 2.75) is 18.8 Å². The normalized spacial score (nSPS) is 11.8. The first-order chi connectivity index (χ1) is 13.2. The molecule has 0 saturated heterocycles. The molecule has 0 spiro atoms. The topological polar surface area (TPSA) is 43.4 Å². The highest BCUT2D eigenvalue weighted by Gasteiger charge is 2.36. The number of ketones is 1. The third-order valence-corrected chi connectivity index (χ3v) is 4.57. The Morgan fingerprint density at radius 1 is 0.704 bits per heavy atom. The van der Waals surface area contributed by atoms with Crippen LogP contribution < -0.4 is 0 Å². The highest BCUT2D eigenvalue weighted by atomic mass is 16.5. The number of rotatable bonds is 7. The number of hydrogen-bond donors (Lipinski definition) is 0. The molecule has 136 valence electrons. The second-order valence-corrected chi connectivity index (χ2v) is 6.27. The van der Waals surface area contributed by atoms with Crippen LogP contribution in [0.4, 0.5) is 0 Å². The van der Waals surface area contributed by atoms with Crippen molar-refractivity contribution in [3.63, 3.8) is 0 Å². The first-order valence-corrected chi connectivity index (χ1v) is 9.08. The van der Waals surface area contributed by atoms with Crippen LogP contribution in [0.3, 0.4) is 0 Å². The van der Waals surface area contributed by atoms with Gasteiger partial charge in [-0.15, -0.1) is 0 Å². The van der Waals surface area contributed by atoms with Crippen molar-refractivity contribution in [1.82, 2.24) is 0 Å². The molecule has 0 amide bonds.